The van der Waals surface area contributed by atoms with E-state index in [1.54, 1.807) is 19.1 Å². The van der Waals surface area contributed by atoms with Gasteiger partial charge in [-0.25, -0.2) is 13.4 Å². The summed E-state index contributed by atoms with van der Waals surface area (Å²) in [6.45, 7) is 1.88. The minimum Gasteiger partial charge on any atom is -0.396 e. The fourth-order valence-electron chi connectivity index (χ4n) is 1.06. The molecule has 3 N–H and O–H groups in total. The van der Waals surface area contributed by atoms with Crippen molar-refractivity contribution in [2.75, 3.05) is 29.1 Å². The van der Waals surface area contributed by atoms with Crippen molar-refractivity contribution in [2.45, 2.75) is 6.92 Å². The van der Waals surface area contributed by atoms with Crippen LogP contribution in [-0.2, 0) is 9.84 Å². The number of aromatic nitrogens is 1. The fraction of sp³-hybridized carbons (Fsp3) is 0.444. The highest BCUT2D eigenvalue weighted by Crippen LogP contribution is 2.17. The number of nitrogens with one attached hydrogen (secondary N) is 1. The van der Waals surface area contributed by atoms with Crippen LogP contribution in [0.1, 0.15) is 6.92 Å². The molecule has 0 spiro atoms. The highest BCUT2D eigenvalue weighted by Gasteiger charge is 2.07. The molecule has 0 aliphatic rings. The molecule has 0 atom stereocenters. The molecule has 90 valence electrons. The number of hydrogen-bond donors (Lipinski definition) is 2. The van der Waals surface area contributed by atoms with Crippen LogP contribution in [0.3, 0.4) is 0 Å². The number of sulfone groups is 1. The van der Waals surface area contributed by atoms with E-state index in [1.165, 1.54) is 0 Å². The van der Waals surface area contributed by atoms with Crippen molar-refractivity contribution in [3.05, 3.63) is 17.3 Å². The van der Waals surface area contributed by atoms with E-state index in [-0.39, 0.29) is 18.1 Å². The summed E-state index contributed by atoms with van der Waals surface area (Å²) < 4.78 is 22.4. The summed E-state index contributed by atoms with van der Waals surface area (Å²) in [6.07, 6.45) is 0. The molecule has 0 aliphatic carbocycles. The molecular weight excluding hydrogens is 250 g/mol. The van der Waals surface area contributed by atoms with Gasteiger partial charge in [0.1, 0.15) is 5.15 Å². The lowest BCUT2D eigenvalue weighted by Crippen LogP contribution is -2.18. The fourth-order valence-corrected chi connectivity index (χ4v) is 1.91. The van der Waals surface area contributed by atoms with Gasteiger partial charge in [-0.15, -0.1) is 0 Å². The average molecular weight is 264 g/mol. The van der Waals surface area contributed by atoms with Crippen LogP contribution in [0.5, 0.6) is 0 Å². The Bertz CT molecular complexity index is 462. The zero-order valence-electron chi connectivity index (χ0n) is 8.90. The largest absolute Gasteiger partial charge is 0.396 e. The predicted molar refractivity (Wildman–Crippen MR) is 66.5 cm³/mol. The van der Waals surface area contributed by atoms with Crippen molar-refractivity contribution in [3.8, 4) is 0 Å². The molecule has 0 unspecified atom stereocenters. The summed E-state index contributed by atoms with van der Waals surface area (Å²) in [7, 11) is -2.98. The molecular formula is C9H14ClN3O2S. The van der Waals surface area contributed by atoms with E-state index in [4.69, 9.17) is 17.3 Å². The second kappa shape index (κ2) is 5.36. The van der Waals surface area contributed by atoms with Crippen LogP contribution in [0.2, 0.25) is 5.15 Å². The van der Waals surface area contributed by atoms with Gasteiger partial charge in [0.15, 0.2) is 15.7 Å². The van der Waals surface area contributed by atoms with Crippen molar-refractivity contribution in [2.24, 2.45) is 0 Å². The third-order valence-electron chi connectivity index (χ3n) is 2.04. The van der Waals surface area contributed by atoms with Gasteiger partial charge in [0.25, 0.3) is 0 Å². The maximum atomic E-state index is 11.2. The molecule has 0 bridgehead atoms. The Hall–Kier alpha value is -1.01. The monoisotopic (exact) mass is 263 g/mol. The van der Waals surface area contributed by atoms with Crippen molar-refractivity contribution >= 4 is 32.9 Å². The van der Waals surface area contributed by atoms with Gasteiger partial charge < -0.3 is 11.1 Å². The second-order valence-corrected chi connectivity index (χ2v) is 6.09. The lowest BCUT2D eigenvalue weighted by atomic mass is 10.4. The van der Waals surface area contributed by atoms with Crippen LogP contribution in [0.4, 0.5) is 11.5 Å². The summed E-state index contributed by atoms with van der Waals surface area (Å²) in [5.74, 6) is 0.600. The summed E-state index contributed by atoms with van der Waals surface area (Å²) in [5.41, 5.74) is 6.08. The average Bonchev–Trinajstić information content (AvgIpc) is 2.23. The Morgan fingerprint density at radius 1 is 1.50 bits per heavy atom. The first kappa shape index (κ1) is 13.1. The number of hydrogen-bond acceptors (Lipinski definition) is 5. The van der Waals surface area contributed by atoms with Crippen LogP contribution in [0, 0.1) is 0 Å². The molecule has 1 aromatic rings. The zero-order chi connectivity index (χ0) is 12.2. The molecule has 0 amide bonds. The molecule has 1 heterocycles. The van der Waals surface area contributed by atoms with Gasteiger partial charge in [-0.05, 0) is 12.1 Å². The zero-order valence-corrected chi connectivity index (χ0v) is 10.5. The van der Waals surface area contributed by atoms with Crippen LogP contribution in [0.15, 0.2) is 12.1 Å². The van der Waals surface area contributed by atoms with Crippen LogP contribution >= 0.6 is 11.6 Å². The third-order valence-corrected chi connectivity index (χ3v) is 3.95. The first-order valence-corrected chi connectivity index (χ1v) is 7.01. The van der Waals surface area contributed by atoms with E-state index >= 15 is 0 Å². The van der Waals surface area contributed by atoms with E-state index in [0.29, 0.717) is 16.7 Å². The van der Waals surface area contributed by atoms with Gasteiger partial charge >= 0.3 is 0 Å². The van der Waals surface area contributed by atoms with E-state index in [1.807, 2.05) is 0 Å². The van der Waals surface area contributed by atoms with E-state index < -0.39 is 9.84 Å². The number of pyridine rings is 1. The molecule has 7 heteroatoms. The lowest BCUT2D eigenvalue weighted by molar-refractivity contribution is 0.597. The van der Waals surface area contributed by atoms with Crippen LogP contribution in [-0.4, -0.2) is 31.5 Å². The molecule has 0 aromatic carbocycles. The van der Waals surface area contributed by atoms with Gasteiger partial charge in [-0.3, -0.25) is 0 Å². The molecule has 1 rings (SSSR count). The maximum absolute atomic E-state index is 11.2. The standard InChI is InChI=1S/C9H14ClN3O2S/c1-2-16(14,15)6-5-12-9-7(11)3-4-8(10)13-9/h3-4H,2,5-6,11H2,1H3,(H,12,13). The van der Waals surface area contributed by atoms with Gasteiger partial charge in [0, 0.05) is 12.3 Å². The Morgan fingerprint density at radius 2 is 2.19 bits per heavy atom. The van der Waals surface area contributed by atoms with E-state index in [9.17, 15) is 8.42 Å². The molecule has 0 saturated heterocycles. The predicted octanol–water partition coefficient (Wildman–Crippen LogP) is 1.16. The Morgan fingerprint density at radius 3 is 2.81 bits per heavy atom. The number of nitrogens with zero attached hydrogens (tertiary/aromatic N) is 1. The van der Waals surface area contributed by atoms with E-state index in [2.05, 4.69) is 10.3 Å². The molecule has 16 heavy (non-hydrogen) atoms. The van der Waals surface area contributed by atoms with Gasteiger partial charge in [0.2, 0.25) is 0 Å². The van der Waals surface area contributed by atoms with Gasteiger partial charge in [-0.2, -0.15) is 0 Å². The summed E-state index contributed by atoms with van der Waals surface area (Å²) in [4.78, 5) is 3.95. The number of nitrogen functional groups attached to an aromatic ring is 1. The Kier molecular flexibility index (Phi) is 4.37. The topological polar surface area (TPSA) is 85.1 Å². The third kappa shape index (κ3) is 3.86. The molecule has 0 fully saturated rings. The molecule has 0 saturated carbocycles. The number of halogens is 1. The van der Waals surface area contributed by atoms with Crippen molar-refractivity contribution in [3.63, 3.8) is 0 Å². The lowest BCUT2D eigenvalue weighted by Gasteiger charge is -2.08. The summed E-state index contributed by atoms with van der Waals surface area (Å²) >= 11 is 5.69. The SMILES string of the molecule is CCS(=O)(=O)CCNc1nc(Cl)ccc1N. The van der Waals surface area contributed by atoms with Crippen LogP contribution < -0.4 is 11.1 Å². The molecule has 0 aliphatic heterocycles. The quantitative estimate of drug-likeness (QED) is 0.779. The normalized spacial score (nSPS) is 11.4. The number of rotatable bonds is 5. The van der Waals surface area contributed by atoms with E-state index in [0.717, 1.165) is 0 Å². The second-order valence-electron chi connectivity index (χ2n) is 3.23. The summed E-state index contributed by atoms with van der Waals surface area (Å²) in [6, 6.07) is 3.19. The number of nitrogens with two attached hydrogens (primary N) is 1. The Labute approximate surface area is 99.9 Å². The minimum absolute atomic E-state index is 0.0527. The van der Waals surface area contributed by atoms with Gasteiger partial charge in [0.05, 0.1) is 11.4 Å². The highest BCUT2D eigenvalue weighted by atomic mass is 35.5. The van der Waals surface area contributed by atoms with Crippen LogP contribution in [0.25, 0.3) is 0 Å². The number of anilines is 2. The Balaban J connectivity index is 2.59. The molecule has 1 aromatic heterocycles. The van der Waals surface area contributed by atoms with Crippen molar-refractivity contribution in [1.29, 1.82) is 0 Å². The van der Waals surface area contributed by atoms with Crippen molar-refractivity contribution in [1.82, 2.24) is 4.98 Å². The maximum Gasteiger partial charge on any atom is 0.151 e. The minimum atomic E-state index is -2.98. The molecule has 0 radical (unpaired) electrons. The van der Waals surface area contributed by atoms with Crippen molar-refractivity contribution < 1.29 is 8.42 Å². The highest BCUT2D eigenvalue weighted by molar-refractivity contribution is 7.91. The first-order valence-electron chi connectivity index (χ1n) is 4.81. The molecule has 5 nitrogen and oxygen atoms in total. The smallest absolute Gasteiger partial charge is 0.151 e. The van der Waals surface area contributed by atoms with Gasteiger partial charge in [-0.1, -0.05) is 18.5 Å². The summed E-state index contributed by atoms with van der Waals surface area (Å²) in [5, 5.41) is 3.16. The first-order chi connectivity index (χ1) is 7.44.